The van der Waals surface area contributed by atoms with Crippen LogP contribution in [0.3, 0.4) is 0 Å². The van der Waals surface area contributed by atoms with Crippen LogP contribution in [-0.2, 0) is 6.54 Å². The van der Waals surface area contributed by atoms with Gasteiger partial charge in [-0.3, -0.25) is 4.90 Å². The second-order valence-electron chi connectivity index (χ2n) is 6.47. The summed E-state index contributed by atoms with van der Waals surface area (Å²) in [6.07, 6.45) is 0. The standard InChI is InChI=1S/C20H22N4O/c1-16-7-9-17(10-8-16)20-22-21-19(25-20)15-23-11-13-24(14-12-23)18-5-3-2-4-6-18/h2-10H,11-15H2,1H3. The topological polar surface area (TPSA) is 45.4 Å². The Kier molecular flexibility index (Phi) is 4.48. The second-order valence-corrected chi connectivity index (χ2v) is 6.47. The molecule has 0 atom stereocenters. The number of nitrogens with zero attached hydrogens (tertiary/aromatic N) is 4. The SMILES string of the molecule is Cc1ccc(-c2nnc(CN3CCN(c4ccccc4)CC3)o2)cc1. The summed E-state index contributed by atoms with van der Waals surface area (Å²) in [5.74, 6) is 1.28. The molecule has 0 N–H and O–H groups in total. The highest BCUT2D eigenvalue weighted by Gasteiger charge is 2.19. The predicted molar refractivity (Wildman–Crippen MR) is 98.4 cm³/mol. The lowest BCUT2D eigenvalue weighted by molar-refractivity contribution is 0.227. The van der Waals surface area contributed by atoms with Crippen LogP contribution in [-0.4, -0.2) is 41.3 Å². The van der Waals surface area contributed by atoms with Crippen LogP contribution in [0, 0.1) is 6.92 Å². The molecular weight excluding hydrogens is 312 g/mol. The maximum absolute atomic E-state index is 5.85. The largest absolute Gasteiger partial charge is 0.419 e. The summed E-state index contributed by atoms with van der Waals surface area (Å²) >= 11 is 0. The average Bonchev–Trinajstić information content (AvgIpc) is 3.12. The summed E-state index contributed by atoms with van der Waals surface area (Å²) in [6.45, 7) is 6.81. The van der Waals surface area contributed by atoms with Gasteiger partial charge in [0, 0.05) is 37.4 Å². The monoisotopic (exact) mass is 334 g/mol. The summed E-state index contributed by atoms with van der Waals surface area (Å²) in [6, 6.07) is 18.7. The molecule has 1 fully saturated rings. The molecule has 2 heterocycles. The molecule has 4 rings (SSSR count). The number of hydrogen-bond acceptors (Lipinski definition) is 5. The molecular formula is C20H22N4O. The van der Waals surface area contributed by atoms with Crippen molar-refractivity contribution in [3.8, 4) is 11.5 Å². The molecule has 5 nitrogen and oxygen atoms in total. The number of para-hydroxylation sites is 1. The van der Waals surface area contributed by atoms with Crippen molar-refractivity contribution >= 4 is 5.69 Å². The van der Waals surface area contributed by atoms with E-state index in [0.29, 0.717) is 18.3 Å². The third-order valence-corrected chi connectivity index (χ3v) is 4.62. The van der Waals surface area contributed by atoms with Gasteiger partial charge in [0.05, 0.1) is 6.54 Å². The van der Waals surface area contributed by atoms with Gasteiger partial charge >= 0.3 is 0 Å². The lowest BCUT2D eigenvalue weighted by Gasteiger charge is -2.35. The van der Waals surface area contributed by atoms with Gasteiger partial charge in [-0.2, -0.15) is 0 Å². The first-order chi connectivity index (χ1) is 12.3. The minimum Gasteiger partial charge on any atom is -0.419 e. The van der Waals surface area contributed by atoms with Crippen LogP contribution < -0.4 is 4.90 Å². The van der Waals surface area contributed by atoms with Crippen LogP contribution in [0.5, 0.6) is 0 Å². The Balaban J connectivity index is 1.35. The van der Waals surface area contributed by atoms with Gasteiger partial charge in [0.25, 0.3) is 0 Å². The normalized spacial score (nSPS) is 15.5. The lowest BCUT2D eigenvalue weighted by atomic mass is 10.1. The van der Waals surface area contributed by atoms with E-state index in [2.05, 4.69) is 69.4 Å². The van der Waals surface area contributed by atoms with Crippen molar-refractivity contribution in [1.29, 1.82) is 0 Å². The fraction of sp³-hybridized carbons (Fsp3) is 0.300. The number of aryl methyl sites for hydroxylation is 1. The van der Waals surface area contributed by atoms with Crippen LogP contribution >= 0.6 is 0 Å². The second kappa shape index (κ2) is 7.07. The molecule has 2 aromatic carbocycles. The van der Waals surface area contributed by atoms with Crippen molar-refractivity contribution in [1.82, 2.24) is 15.1 Å². The lowest BCUT2D eigenvalue weighted by Crippen LogP contribution is -2.46. The maximum Gasteiger partial charge on any atom is 0.247 e. The van der Waals surface area contributed by atoms with E-state index in [1.807, 2.05) is 12.1 Å². The van der Waals surface area contributed by atoms with E-state index in [-0.39, 0.29) is 0 Å². The summed E-state index contributed by atoms with van der Waals surface area (Å²) in [5, 5.41) is 8.40. The molecule has 0 spiro atoms. The number of hydrogen-bond donors (Lipinski definition) is 0. The molecule has 0 bridgehead atoms. The minimum atomic E-state index is 0.595. The van der Waals surface area contributed by atoms with Crippen LogP contribution in [0.15, 0.2) is 59.0 Å². The molecule has 3 aromatic rings. The maximum atomic E-state index is 5.85. The van der Waals surface area contributed by atoms with E-state index in [9.17, 15) is 0 Å². The zero-order valence-corrected chi connectivity index (χ0v) is 14.4. The van der Waals surface area contributed by atoms with Gasteiger partial charge in [-0.1, -0.05) is 35.9 Å². The third-order valence-electron chi connectivity index (χ3n) is 4.62. The number of aromatic nitrogens is 2. The van der Waals surface area contributed by atoms with Gasteiger partial charge < -0.3 is 9.32 Å². The Morgan fingerprint density at radius 2 is 1.60 bits per heavy atom. The van der Waals surface area contributed by atoms with Gasteiger partial charge in [-0.25, -0.2) is 0 Å². The Labute approximate surface area is 147 Å². The quantitative estimate of drug-likeness (QED) is 0.732. The molecule has 1 aromatic heterocycles. The zero-order chi connectivity index (χ0) is 17.1. The van der Waals surface area contributed by atoms with Crippen molar-refractivity contribution in [3.63, 3.8) is 0 Å². The molecule has 5 heteroatoms. The molecule has 0 radical (unpaired) electrons. The van der Waals surface area contributed by atoms with Crippen molar-refractivity contribution in [2.75, 3.05) is 31.1 Å². The molecule has 25 heavy (non-hydrogen) atoms. The Hall–Kier alpha value is -2.66. The van der Waals surface area contributed by atoms with Crippen LogP contribution in [0.4, 0.5) is 5.69 Å². The average molecular weight is 334 g/mol. The molecule has 0 amide bonds. The molecule has 0 saturated carbocycles. The van der Waals surface area contributed by atoms with Crippen LogP contribution in [0.1, 0.15) is 11.5 Å². The molecule has 1 saturated heterocycles. The summed E-state index contributed by atoms with van der Waals surface area (Å²) < 4.78 is 5.85. The van der Waals surface area contributed by atoms with E-state index in [4.69, 9.17) is 4.42 Å². The van der Waals surface area contributed by atoms with E-state index in [1.165, 1.54) is 11.3 Å². The van der Waals surface area contributed by atoms with Crippen molar-refractivity contribution in [3.05, 3.63) is 66.1 Å². The Morgan fingerprint density at radius 3 is 2.32 bits per heavy atom. The van der Waals surface area contributed by atoms with E-state index >= 15 is 0 Å². The van der Waals surface area contributed by atoms with Crippen molar-refractivity contribution in [2.45, 2.75) is 13.5 Å². The zero-order valence-electron chi connectivity index (χ0n) is 14.4. The first-order valence-corrected chi connectivity index (χ1v) is 8.70. The van der Waals surface area contributed by atoms with Gasteiger partial charge in [-0.15, -0.1) is 10.2 Å². The number of benzene rings is 2. The molecule has 0 unspecified atom stereocenters. The third kappa shape index (κ3) is 3.72. The van der Waals surface area contributed by atoms with Gasteiger partial charge in [0.2, 0.25) is 11.8 Å². The predicted octanol–water partition coefficient (Wildman–Crippen LogP) is 3.37. The number of piperazine rings is 1. The summed E-state index contributed by atoms with van der Waals surface area (Å²) in [5.41, 5.74) is 3.49. The molecule has 1 aliphatic rings. The molecule has 1 aliphatic heterocycles. The highest BCUT2D eigenvalue weighted by molar-refractivity contribution is 5.52. The van der Waals surface area contributed by atoms with Crippen LogP contribution in [0.25, 0.3) is 11.5 Å². The fourth-order valence-corrected chi connectivity index (χ4v) is 3.12. The summed E-state index contributed by atoms with van der Waals surface area (Å²) in [7, 11) is 0. The number of rotatable bonds is 4. The highest BCUT2D eigenvalue weighted by Crippen LogP contribution is 2.20. The van der Waals surface area contributed by atoms with E-state index < -0.39 is 0 Å². The van der Waals surface area contributed by atoms with Gasteiger partial charge in [0.15, 0.2) is 0 Å². The van der Waals surface area contributed by atoms with Crippen molar-refractivity contribution < 1.29 is 4.42 Å². The smallest absolute Gasteiger partial charge is 0.247 e. The fourth-order valence-electron chi connectivity index (χ4n) is 3.12. The van der Waals surface area contributed by atoms with Gasteiger partial charge in [0.1, 0.15) is 0 Å². The molecule has 0 aliphatic carbocycles. The minimum absolute atomic E-state index is 0.595. The van der Waals surface area contributed by atoms with E-state index in [0.717, 1.165) is 31.7 Å². The Morgan fingerprint density at radius 1 is 0.880 bits per heavy atom. The first kappa shape index (κ1) is 15.8. The van der Waals surface area contributed by atoms with Crippen LogP contribution in [0.2, 0.25) is 0 Å². The first-order valence-electron chi connectivity index (χ1n) is 8.70. The highest BCUT2D eigenvalue weighted by atomic mass is 16.4. The summed E-state index contributed by atoms with van der Waals surface area (Å²) in [4.78, 5) is 4.79. The van der Waals surface area contributed by atoms with Crippen molar-refractivity contribution in [2.24, 2.45) is 0 Å². The number of anilines is 1. The molecule has 128 valence electrons. The van der Waals surface area contributed by atoms with Gasteiger partial charge in [-0.05, 0) is 31.2 Å². The van der Waals surface area contributed by atoms with E-state index in [1.54, 1.807) is 0 Å². The Bertz CT molecular complexity index is 805.